The average Bonchev–Trinajstić information content (AvgIpc) is 2.98. The van der Waals surface area contributed by atoms with Gasteiger partial charge in [0.15, 0.2) is 0 Å². The highest BCUT2D eigenvalue weighted by Crippen LogP contribution is 2.30. The van der Waals surface area contributed by atoms with Gasteiger partial charge in [0.2, 0.25) is 5.95 Å². The molecule has 46 heavy (non-hydrogen) atoms. The van der Waals surface area contributed by atoms with Gasteiger partial charge in [-0.25, -0.2) is 27.5 Å². The molecular formula is C35H40FN5O4S. The van der Waals surface area contributed by atoms with E-state index in [1.165, 1.54) is 30.5 Å². The van der Waals surface area contributed by atoms with Crippen LogP contribution in [0.5, 0.6) is 5.75 Å². The Kier molecular flexibility index (Phi) is 9.71. The highest BCUT2D eigenvalue weighted by molar-refractivity contribution is 7.92. The first-order chi connectivity index (χ1) is 21.8. The van der Waals surface area contributed by atoms with Crippen LogP contribution in [0.3, 0.4) is 0 Å². The van der Waals surface area contributed by atoms with Crippen LogP contribution in [0.25, 0.3) is 11.3 Å². The van der Waals surface area contributed by atoms with Crippen molar-refractivity contribution >= 4 is 21.9 Å². The third-order valence-corrected chi connectivity index (χ3v) is 9.22. The molecule has 0 spiro atoms. The number of amides is 1. The number of pyridine rings is 1. The van der Waals surface area contributed by atoms with Crippen molar-refractivity contribution in [1.82, 2.24) is 19.9 Å². The number of aryl methyl sites for hydroxylation is 3. The summed E-state index contributed by atoms with van der Waals surface area (Å²) >= 11 is 0. The first kappa shape index (κ1) is 33.0. The molecule has 3 heterocycles. The molecule has 1 amide bonds. The van der Waals surface area contributed by atoms with Gasteiger partial charge in [-0.1, -0.05) is 38.1 Å². The topological polar surface area (TPSA) is 114 Å². The number of sulfonamides is 1. The molecule has 5 rings (SSSR count). The highest BCUT2D eigenvalue weighted by Gasteiger charge is 2.29. The Morgan fingerprint density at radius 3 is 2.41 bits per heavy atom. The Bertz CT molecular complexity index is 1840. The number of ether oxygens (including phenoxy) is 1. The lowest BCUT2D eigenvalue weighted by Gasteiger charge is -2.33. The van der Waals surface area contributed by atoms with Crippen LogP contribution in [0.15, 0.2) is 65.7 Å². The zero-order chi connectivity index (χ0) is 33.2. The number of hydrogen-bond acceptors (Lipinski definition) is 7. The second-order valence-corrected chi connectivity index (χ2v) is 14.2. The van der Waals surface area contributed by atoms with Gasteiger partial charge in [-0.05, 0) is 88.3 Å². The summed E-state index contributed by atoms with van der Waals surface area (Å²) in [4.78, 5) is 29.3. The largest absolute Gasteiger partial charge is 0.489 e. The molecule has 2 aromatic carbocycles. The molecule has 0 saturated heterocycles. The molecule has 0 fully saturated rings. The minimum Gasteiger partial charge on any atom is -0.489 e. The maximum absolute atomic E-state index is 15.4. The van der Waals surface area contributed by atoms with Crippen molar-refractivity contribution in [3.8, 4) is 17.0 Å². The minimum atomic E-state index is -4.16. The summed E-state index contributed by atoms with van der Waals surface area (Å²) in [5.74, 6) is -0.541. The van der Waals surface area contributed by atoms with E-state index in [1.54, 1.807) is 11.0 Å². The number of fused-ring (bicyclic) bond motifs is 4. The van der Waals surface area contributed by atoms with Crippen LogP contribution in [0.2, 0.25) is 0 Å². The van der Waals surface area contributed by atoms with Crippen LogP contribution >= 0.6 is 0 Å². The predicted octanol–water partition coefficient (Wildman–Crippen LogP) is 6.89. The summed E-state index contributed by atoms with van der Waals surface area (Å²) in [5.41, 5.74) is 4.38. The third-order valence-electron chi connectivity index (χ3n) is 7.90. The lowest BCUT2D eigenvalue weighted by molar-refractivity contribution is 0.0618. The normalized spacial score (nSPS) is 16.4. The number of rotatable bonds is 7. The Hall–Kier alpha value is -4.38. The summed E-state index contributed by atoms with van der Waals surface area (Å²) in [6.45, 7) is 11.7. The smallest absolute Gasteiger partial charge is 0.264 e. The van der Waals surface area contributed by atoms with Crippen LogP contribution in [0.4, 0.5) is 10.3 Å². The zero-order valence-corrected chi connectivity index (χ0v) is 27.9. The van der Waals surface area contributed by atoms with E-state index in [2.05, 4.69) is 33.5 Å². The Morgan fingerprint density at radius 1 is 1.02 bits per heavy atom. The number of anilines is 1. The number of carbonyl (C=O) groups excluding carboxylic acids is 1. The van der Waals surface area contributed by atoms with Gasteiger partial charge < -0.3 is 9.64 Å². The van der Waals surface area contributed by atoms with Crippen molar-refractivity contribution < 1.29 is 22.3 Å². The first-order valence-electron chi connectivity index (χ1n) is 15.5. The van der Waals surface area contributed by atoms with Crippen LogP contribution in [0.1, 0.15) is 73.4 Å². The lowest BCUT2D eigenvalue weighted by Crippen LogP contribution is -2.41. The molecule has 242 valence electrons. The second-order valence-electron chi connectivity index (χ2n) is 12.5. The molecule has 0 saturated carbocycles. The molecule has 2 aromatic heterocycles. The van der Waals surface area contributed by atoms with Crippen molar-refractivity contribution in [2.24, 2.45) is 5.92 Å². The molecule has 1 aliphatic rings. The summed E-state index contributed by atoms with van der Waals surface area (Å²) in [5, 5.41) is 0. The fourth-order valence-corrected chi connectivity index (χ4v) is 6.84. The van der Waals surface area contributed by atoms with Gasteiger partial charge in [0.1, 0.15) is 11.6 Å². The van der Waals surface area contributed by atoms with Gasteiger partial charge in [-0.2, -0.15) is 0 Å². The van der Waals surface area contributed by atoms with Crippen LogP contribution in [-0.2, 0) is 23.0 Å². The van der Waals surface area contributed by atoms with E-state index in [0.717, 1.165) is 16.7 Å². The SMILES string of the molecule is Cc1cccc(C)c1-c1cc2nc(n1)NS(=O)(=O)c1cccc(c1)C(=O)N(Cc1ncc(OC(C)C)cc1F)[C@H](CC(C)C)CC2. The molecule has 11 heteroatoms. The van der Waals surface area contributed by atoms with Crippen molar-refractivity contribution in [3.63, 3.8) is 0 Å². The van der Waals surface area contributed by atoms with Gasteiger partial charge in [-0.3, -0.25) is 9.78 Å². The van der Waals surface area contributed by atoms with E-state index >= 15 is 4.39 Å². The molecule has 1 aliphatic heterocycles. The number of nitrogens with one attached hydrogen (secondary N) is 1. The summed E-state index contributed by atoms with van der Waals surface area (Å²) in [6, 6.07) is 14.6. The van der Waals surface area contributed by atoms with Crippen molar-refractivity contribution in [3.05, 3.63) is 94.7 Å². The highest BCUT2D eigenvalue weighted by atomic mass is 32.2. The quantitative estimate of drug-likeness (QED) is 0.233. The van der Waals surface area contributed by atoms with E-state index in [-0.39, 0.29) is 46.7 Å². The molecule has 0 radical (unpaired) electrons. The summed E-state index contributed by atoms with van der Waals surface area (Å²) < 4.78 is 50.8. The fraction of sp³-hybridized carbons (Fsp3) is 0.371. The number of carbonyl (C=O) groups is 1. The van der Waals surface area contributed by atoms with Crippen molar-refractivity contribution in [1.29, 1.82) is 0 Å². The molecule has 4 bridgehead atoms. The van der Waals surface area contributed by atoms with Gasteiger partial charge in [0, 0.05) is 28.9 Å². The van der Waals surface area contributed by atoms with Crippen LogP contribution < -0.4 is 9.46 Å². The maximum Gasteiger partial charge on any atom is 0.264 e. The molecule has 4 aromatic rings. The predicted molar refractivity (Wildman–Crippen MR) is 176 cm³/mol. The first-order valence-corrected chi connectivity index (χ1v) is 17.0. The van der Waals surface area contributed by atoms with E-state index in [0.29, 0.717) is 36.4 Å². The standard InChI is InChI=1S/C35H40FN5O4S/c1-21(2)15-27-14-13-26-17-31(33-23(5)9-7-10-24(33)6)39-35(38-26)40-46(43,44)29-12-8-11-25(16-29)34(42)41(27)20-32-30(36)18-28(19-37-32)45-22(3)4/h7-12,16-19,21-22,27H,13-15,20H2,1-6H3,(H,38,39,40)/t27-/m0/s1. The zero-order valence-electron chi connectivity index (χ0n) is 27.0. The maximum atomic E-state index is 15.4. The van der Waals surface area contributed by atoms with Crippen molar-refractivity contribution in [2.75, 3.05) is 4.72 Å². The van der Waals surface area contributed by atoms with Gasteiger partial charge >= 0.3 is 0 Å². The number of hydrogen-bond donors (Lipinski definition) is 1. The Morgan fingerprint density at radius 2 is 1.74 bits per heavy atom. The molecule has 0 unspecified atom stereocenters. The second kappa shape index (κ2) is 13.5. The van der Waals surface area contributed by atoms with E-state index in [9.17, 15) is 13.2 Å². The number of aromatic nitrogens is 3. The van der Waals surface area contributed by atoms with Crippen molar-refractivity contribution in [2.45, 2.75) is 84.4 Å². The third kappa shape index (κ3) is 7.52. The van der Waals surface area contributed by atoms with E-state index < -0.39 is 21.7 Å². The molecule has 1 N–H and O–H groups in total. The average molecular weight is 646 g/mol. The number of nitrogens with zero attached hydrogens (tertiary/aromatic N) is 4. The van der Waals surface area contributed by atoms with Gasteiger partial charge in [0.25, 0.3) is 15.9 Å². The van der Waals surface area contributed by atoms with E-state index in [4.69, 9.17) is 4.74 Å². The Balaban J connectivity index is 1.64. The molecule has 0 aliphatic carbocycles. The lowest BCUT2D eigenvalue weighted by atomic mass is 9.95. The summed E-state index contributed by atoms with van der Waals surface area (Å²) in [6.07, 6.45) is 2.84. The molecule has 9 nitrogen and oxygen atoms in total. The minimum absolute atomic E-state index is 0.0432. The monoisotopic (exact) mass is 645 g/mol. The molecular weight excluding hydrogens is 605 g/mol. The van der Waals surface area contributed by atoms with Gasteiger partial charge in [-0.15, -0.1) is 0 Å². The number of halogens is 1. The number of benzene rings is 2. The molecule has 1 atom stereocenters. The van der Waals surface area contributed by atoms with Crippen LogP contribution in [-0.4, -0.2) is 46.3 Å². The van der Waals surface area contributed by atoms with Crippen LogP contribution in [0, 0.1) is 25.6 Å². The fourth-order valence-electron chi connectivity index (χ4n) is 5.85. The summed E-state index contributed by atoms with van der Waals surface area (Å²) in [7, 11) is -4.16. The van der Waals surface area contributed by atoms with E-state index in [1.807, 2.05) is 52.0 Å². The Labute approximate surface area is 270 Å². The van der Waals surface area contributed by atoms with Gasteiger partial charge in [0.05, 0.1) is 35.1 Å².